The van der Waals surface area contributed by atoms with E-state index in [1.54, 1.807) is 24.3 Å². The third-order valence-corrected chi connectivity index (χ3v) is 5.68. The van der Waals surface area contributed by atoms with E-state index in [1.165, 1.54) is 0 Å². The van der Waals surface area contributed by atoms with Gasteiger partial charge in [-0.15, -0.1) is 12.4 Å². The van der Waals surface area contributed by atoms with Gasteiger partial charge in [-0.2, -0.15) is 0 Å². The Morgan fingerprint density at radius 1 is 1.25 bits per heavy atom. The third-order valence-electron chi connectivity index (χ3n) is 4.10. The number of benzene rings is 1. The van der Waals surface area contributed by atoms with Crippen molar-refractivity contribution in [3.05, 3.63) is 24.3 Å². The van der Waals surface area contributed by atoms with Gasteiger partial charge in [-0.3, -0.25) is 0 Å². The Morgan fingerprint density at radius 3 is 2.46 bits per heavy atom. The third kappa shape index (κ3) is 6.24. The van der Waals surface area contributed by atoms with Gasteiger partial charge in [0.2, 0.25) is 10.0 Å². The first-order valence-electron chi connectivity index (χ1n) is 8.34. The molecule has 1 saturated heterocycles. The van der Waals surface area contributed by atoms with Gasteiger partial charge in [-0.25, -0.2) is 13.1 Å². The smallest absolute Gasteiger partial charge is 0.240 e. The van der Waals surface area contributed by atoms with Gasteiger partial charge in [0, 0.05) is 6.04 Å². The fourth-order valence-electron chi connectivity index (χ4n) is 2.69. The number of piperidine rings is 1. The van der Waals surface area contributed by atoms with Gasteiger partial charge in [-0.05, 0) is 69.0 Å². The highest BCUT2D eigenvalue weighted by Crippen LogP contribution is 2.19. The molecule has 0 aromatic heterocycles. The predicted octanol–water partition coefficient (Wildman–Crippen LogP) is 2.81. The quantitative estimate of drug-likeness (QED) is 0.767. The molecule has 1 aliphatic rings. The molecule has 0 radical (unpaired) electrons. The van der Waals surface area contributed by atoms with Crippen molar-refractivity contribution < 1.29 is 13.2 Å². The van der Waals surface area contributed by atoms with E-state index in [4.69, 9.17) is 4.74 Å². The van der Waals surface area contributed by atoms with Gasteiger partial charge in [0.05, 0.1) is 11.5 Å². The molecule has 1 aromatic rings. The summed E-state index contributed by atoms with van der Waals surface area (Å²) in [6.45, 7) is 8.60. The van der Waals surface area contributed by atoms with Crippen LogP contribution in [0.3, 0.4) is 0 Å². The van der Waals surface area contributed by atoms with Crippen LogP contribution in [0.1, 0.15) is 33.6 Å². The lowest BCUT2D eigenvalue weighted by atomic mass is 9.94. The molecule has 7 heteroatoms. The fourth-order valence-corrected chi connectivity index (χ4v) is 4.00. The van der Waals surface area contributed by atoms with Crippen molar-refractivity contribution in [2.45, 2.75) is 44.6 Å². The Labute approximate surface area is 152 Å². The van der Waals surface area contributed by atoms with Crippen LogP contribution in [0.2, 0.25) is 0 Å². The molecular formula is C17H29ClN2O3S. The van der Waals surface area contributed by atoms with E-state index in [9.17, 15) is 8.42 Å². The molecule has 1 heterocycles. The van der Waals surface area contributed by atoms with Gasteiger partial charge in [-0.1, -0.05) is 13.8 Å². The molecule has 1 fully saturated rings. The molecule has 138 valence electrons. The molecule has 0 bridgehead atoms. The molecule has 0 amide bonds. The molecule has 24 heavy (non-hydrogen) atoms. The maximum Gasteiger partial charge on any atom is 0.240 e. The molecule has 1 aliphatic heterocycles. The van der Waals surface area contributed by atoms with Crippen molar-refractivity contribution in [2.75, 3.05) is 19.7 Å². The molecule has 0 saturated carbocycles. The van der Waals surface area contributed by atoms with Crippen molar-refractivity contribution in [3.8, 4) is 5.75 Å². The highest BCUT2D eigenvalue weighted by molar-refractivity contribution is 7.89. The second-order valence-corrected chi connectivity index (χ2v) is 8.41. The van der Waals surface area contributed by atoms with Gasteiger partial charge < -0.3 is 10.1 Å². The Balaban J connectivity index is 0.00000288. The summed E-state index contributed by atoms with van der Waals surface area (Å²) in [6.07, 6.45) is 2.15. The number of halogens is 1. The lowest BCUT2D eigenvalue weighted by molar-refractivity contribution is 0.271. The minimum absolute atomic E-state index is 0. The highest BCUT2D eigenvalue weighted by Gasteiger charge is 2.25. The van der Waals surface area contributed by atoms with Crippen LogP contribution in [0, 0.1) is 11.8 Å². The maximum absolute atomic E-state index is 12.5. The molecule has 0 aliphatic carbocycles. The number of hydrogen-bond donors (Lipinski definition) is 2. The predicted molar refractivity (Wildman–Crippen MR) is 99.4 cm³/mol. The van der Waals surface area contributed by atoms with E-state index in [-0.39, 0.29) is 23.3 Å². The SMILES string of the molecule is CC(C)COc1ccc(S(=O)(=O)NC(C)C2CCCNC2)cc1.Cl. The summed E-state index contributed by atoms with van der Waals surface area (Å²) in [6, 6.07) is 6.55. The van der Waals surface area contributed by atoms with Crippen molar-refractivity contribution in [1.82, 2.24) is 10.0 Å². The maximum atomic E-state index is 12.5. The number of rotatable bonds is 7. The number of nitrogens with one attached hydrogen (secondary N) is 2. The van der Waals surface area contributed by atoms with Gasteiger partial charge in [0.15, 0.2) is 0 Å². The van der Waals surface area contributed by atoms with Crippen LogP contribution in [0.15, 0.2) is 29.2 Å². The number of sulfonamides is 1. The van der Waals surface area contributed by atoms with E-state index in [0.717, 1.165) is 25.9 Å². The van der Waals surface area contributed by atoms with Gasteiger partial charge >= 0.3 is 0 Å². The average Bonchev–Trinajstić information content (AvgIpc) is 2.53. The summed E-state index contributed by atoms with van der Waals surface area (Å²) < 4.78 is 33.4. The zero-order chi connectivity index (χ0) is 16.9. The van der Waals surface area contributed by atoms with Crippen molar-refractivity contribution >= 4 is 22.4 Å². The van der Waals surface area contributed by atoms with Crippen LogP contribution in [-0.4, -0.2) is 34.2 Å². The van der Waals surface area contributed by atoms with Gasteiger partial charge in [0.25, 0.3) is 0 Å². The van der Waals surface area contributed by atoms with E-state index >= 15 is 0 Å². The van der Waals surface area contributed by atoms with E-state index < -0.39 is 10.0 Å². The van der Waals surface area contributed by atoms with Crippen molar-refractivity contribution in [3.63, 3.8) is 0 Å². The van der Waals surface area contributed by atoms with Crippen LogP contribution < -0.4 is 14.8 Å². The van der Waals surface area contributed by atoms with Crippen LogP contribution in [0.25, 0.3) is 0 Å². The van der Waals surface area contributed by atoms with Crippen LogP contribution >= 0.6 is 12.4 Å². The van der Waals surface area contributed by atoms with Crippen LogP contribution in [-0.2, 0) is 10.0 Å². The molecular weight excluding hydrogens is 348 g/mol. The average molecular weight is 377 g/mol. The monoisotopic (exact) mass is 376 g/mol. The molecule has 2 atom stereocenters. The lowest BCUT2D eigenvalue weighted by Crippen LogP contribution is -2.44. The Hall–Kier alpha value is -0.820. The summed E-state index contributed by atoms with van der Waals surface area (Å²) in [4.78, 5) is 0.282. The molecule has 0 spiro atoms. The largest absolute Gasteiger partial charge is 0.493 e. The topological polar surface area (TPSA) is 67.4 Å². The molecule has 2 N–H and O–H groups in total. The first-order valence-corrected chi connectivity index (χ1v) is 9.82. The zero-order valence-electron chi connectivity index (χ0n) is 14.6. The van der Waals surface area contributed by atoms with E-state index in [2.05, 4.69) is 23.9 Å². The fraction of sp³-hybridized carbons (Fsp3) is 0.647. The zero-order valence-corrected chi connectivity index (χ0v) is 16.3. The summed E-state index contributed by atoms with van der Waals surface area (Å²) >= 11 is 0. The Morgan fingerprint density at radius 2 is 1.92 bits per heavy atom. The molecule has 1 aromatic carbocycles. The summed E-state index contributed by atoms with van der Waals surface area (Å²) in [5.74, 6) is 1.47. The number of ether oxygens (including phenoxy) is 1. The first-order chi connectivity index (χ1) is 10.9. The standard InChI is InChI=1S/C17H28N2O3S.ClH/c1-13(2)12-22-16-6-8-17(9-7-16)23(20,21)19-14(3)15-5-4-10-18-11-15;/h6-9,13-15,18-19H,4-5,10-12H2,1-3H3;1H. The Bertz CT molecular complexity index is 584. The minimum atomic E-state index is -3.49. The first kappa shape index (κ1) is 21.2. The second-order valence-electron chi connectivity index (χ2n) is 6.69. The molecule has 5 nitrogen and oxygen atoms in total. The normalized spacial score (nSPS) is 19.6. The Kier molecular flexibility index (Phi) is 8.50. The van der Waals surface area contributed by atoms with E-state index in [1.807, 2.05) is 6.92 Å². The molecule has 2 unspecified atom stereocenters. The number of hydrogen-bond acceptors (Lipinski definition) is 4. The van der Waals surface area contributed by atoms with Crippen molar-refractivity contribution in [1.29, 1.82) is 0 Å². The van der Waals surface area contributed by atoms with Crippen molar-refractivity contribution in [2.24, 2.45) is 11.8 Å². The summed E-state index contributed by atoms with van der Waals surface area (Å²) in [5.41, 5.74) is 0. The van der Waals surface area contributed by atoms with Crippen LogP contribution in [0.4, 0.5) is 0 Å². The molecule has 2 rings (SSSR count). The minimum Gasteiger partial charge on any atom is -0.493 e. The van der Waals surface area contributed by atoms with E-state index in [0.29, 0.717) is 24.2 Å². The van der Waals surface area contributed by atoms with Crippen LogP contribution in [0.5, 0.6) is 5.75 Å². The lowest BCUT2D eigenvalue weighted by Gasteiger charge is -2.28. The highest BCUT2D eigenvalue weighted by atomic mass is 35.5. The summed E-state index contributed by atoms with van der Waals surface area (Å²) in [7, 11) is -3.49. The summed E-state index contributed by atoms with van der Waals surface area (Å²) in [5, 5.41) is 3.32. The second kappa shape index (κ2) is 9.61. The van der Waals surface area contributed by atoms with Gasteiger partial charge in [0.1, 0.15) is 5.75 Å².